The largest absolute Gasteiger partial charge is 0.370 e. The van der Waals surface area contributed by atoms with Crippen LogP contribution in [-0.4, -0.2) is 22.9 Å². The summed E-state index contributed by atoms with van der Waals surface area (Å²) in [7, 11) is 0. The van der Waals surface area contributed by atoms with Gasteiger partial charge >= 0.3 is 0 Å². The average Bonchev–Trinajstić information content (AvgIpc) is 2.67. The highest BCUT2D eigenvalue weighted by Gasteiger charge is 2.17. The number of nitrogens with zero attached hydrogens (tertiary/aromatic N) is 3. The summed E-state index contributed by atoms with van der Waals surface area (Å²) < 4.78 is 1.41. The second-order valence-electron chi connectivity index (χ2n) is 6.18. The van der Waals surface area contributed by atoms with Crippen molar-refractivity contribution in [2.45, 2.75) is 20.3 Å². The maximum atomic E-state index is 13.3. The zero-order chi connectivity index (χ0) is 19.4. The molecule has 27 heavy (non-hydrogen) atoms. The minimum absolute atomic E-state index is 0.142. The molecule has 0 aliphatic heterocycles. The number of anilines is 1. The van der Waals surface area contributed by atoms with Gasteiger partial charge in [-0.1, -0.05) is 41.4 Å². The number of halogens is 2. The molecule has 1 aromatic heterocycles. The summed E-state index contributed by atoms with van der Waals surface area (Å²) in [6, 6.07) is 14.7. The molecule has 0 aliphatic rings. The zero-order valence-electron chi connectivity index (χ0n) is 15.3. The van der Waals surface area contributed by atoms with Crippen LogP contribution in [0.2, 0.25) is 10.0 Å². The van der Waals surface area contributed by atoms with Crippen molar-refractivity contribution in [2.24, 2.45) is 0 Å². The van der Waals surface area contributed by atoms with Crippen molar-refractivity contribution in [3.63, 3.8) is 0 Å². The molecule has 0 spiro atoms. The van der Waals surface area contributed by atoms with Gasteiger partial charge in [-0.3, -0.25) is 4.79 Å². The first-order valence-corrected chi connectivity index (χ1v) is 9.65. The van der Waals surface area contributed by atoms with Crippen molar-refractivity contribution in [3.8, 4) is 5.69 Å². The molecule has 0 unspecified atom stereocenters. The predicted molar refractivity (Wildman–Crippen MR) is 113 cm³/mol. The van der Waals surface area contributed by atoms with Gasteiger partial charge in [-0.05, 0) is 49.7 Å². The Labute approximate surface area is 169 Å². The molecule has 0 radical (unpaired) electrons. The molecule has 0 atom stereocenters. The van der Waals surface area contributed by atoms with Crippen molar-refractivity contribution in [1.29, 1.82) is 0 Å². The first-order chi connectivity index (χ1) is 13.0. The molecule has 6 heteroatoms. The molecule has 0 saturated heterocycles. The van der Waals surface area contributed by atoms with Crippen LogP contribution in [0.15, 0.2) is 59.5 Å². The summed E-state index contributed by atoms with van der Waals surface area (Å²) >= 11 is 12.1. The lowest BCUT2D eigenvalue weighted by Gasteiger charge is -2.24. The van der Waals surface area contributed by atoms with Crippen LogP contribution in [0.25, 0.3) is 5.69 Å². The molecular formula is C21H21Cl2N3O. The van der Waals surface area contributed by atoms with Crippen LogP contribution in [0.4, 0.5) is 5.69 Å². The van der Waals surface area contributed by atoms with E-state index >= 15 is 0 Å². The van der Waals surface area contributed by atoms with E-state index in [1.807, 2.05) is 36.4 Å². The van der Waals surface area contributed by atoms with Gasteiger partial charge in [-0.15, -0.1) is 0 Å². The summed E-state index contributed by atoms with van der Waals surface area (Å²) in [5.41, 5.74) is 3.09. The summed E-state index contributed by atoms with van der Waals surface area (Å²) in [6.45, 7) is 5.73. The molecule has 0 N–H and O–H groups in total. The maximum Gasteiger partial charge on any atom is 0.277 e. The van der Waals surface area contributed by atoms with Crippen LogP contribution in [0.3, 0.4) is 0 Å². The highest BCUT2D eigenvalue weighted by molar-refractivity contribution is 6.30. The fraction of sp³-hybridized carbons (Fsp3) is 0.238. The van der Waals surface area contributed by atoms with Crippen molar-refractivity contribution >= 4 is 28.9 Å². The molecule has 0 bridgehead atoms. The van der Waals surface area contributed by atoms with Gasteiger partial charge < -0.3 is 4.90 Å². The summed E-state index contributed by atoms with van der Waals surface area (Å²) in [5, 5.41) is 5.64. The van der Waals surface area contributed by atoms with E-state index in [1.54, 1.807) is 18.3 Å². The summed E-state index contributed by atoms with van der Waals surface area (Å²) in [4.78, 5) is 15.5. The van der Waals surface area contributed by atoms with Crippen LogP contribution in [0, 0.1) is 0 Å². The molecule has 0 saturated carbocycles. The molecule has 0 aliphatic carbocycles. The Morgan fingerprint density at radius 3 is 2.33 bits per heavy atom. The standard InChI is InChI=1S/C21H21Cl2N3O/c1-3-25(4-2)20-14-24-26(18-7-5-6-17(23)13-18)21(27)19(20)12-15-8-10-16(22)11-9-15/h5-11,13-14H,3-4,12H2,1-2H3. The van der Waals surface area contributed by atoms with Crippen LogP contribution in [-0.2, 0) is 6.42 Å². The topological polar surface area (TPSA) is 38.1 Å². The van der Waals surface area contributed by atoms with Gasteiger partial charge in [0.25, 0.3) is 5.56 Å². The molecule has 0 amide bonds. The average molecular weight is 402 g/mol. The summed E-state index contributed by atoms with van der Waals surface area (Å²) in [5.74, 6) is 0. The lowest BCUT2D eigenvalue weighted by Crippen LogP contribution is -2.31. The molecule has 0 fully saturated rings. The Morgan fingerprint density at radius 1 is 1.00 bits per heavy atom. The van der Waals surface area contributed by atoms with Crippen molar-refractivity contribution in [2.75, 3.05) is 18.0 Å². The Kier molecular flexibility index (Phi) is 6.19. The van der Waals surface area contributed by atoms with E-state index in [4.69, 9.17) is 23.2 Å². The lowest BCUT2D eigenvalue weighted by molar-refractivity contribution is 0.767. The van der Waals surface area contributed by atoms with Crippen molar-refractivity contribution < 1.29 is 0 Å². The molecule has 140 valence electrons. The van der Waals surface area contributed by atoms with Crippen LogP contribution < -0.4 is 10.5 Å². The maximum absolute atomic E-state index is 13.3. The number of benzene rings is 2. The van der Waals surface area contributed by atoms with Crippen LogP contribution in [0.5, 0.6) is 0 Å². The van der Waals surface area contributed by atoms with Gasteiger partial charge in [0.15, 0.2) is 0 Å². The fourth-order valence-electron chi connectivity index (χ4n) is 3.08. The first-order valence-electron chi connectivity index (χ1n) is 8.90. The number of hydrogen-bond donors (Lipinski definition) is 0. The number of hydrogen-bond acceptors (Lipinski definition) is 3. The normalized spacial score (nSPS) is 10.8. The Morgan fingerprint density at radius 2 is 1.70 bits per heavy atom. The van der Waals surface area contributed by atoms with E-state index in [0.29, 0.717) is 27.7 Å². The molecular weight excluding hydrogens is 381 g/mol. The SMILES string of the molecule is CCN(CC)c1cnn(-c2cccc(Cl)c2)c(=O)c1Cc1ccc(Cl)cc1. The fourth-order valence-corrected chi connectivity index (χ4v) is 3.39. The molecule has 3 rings (SSSR count). The highest BCUT2D eigenvalue weighted by atomic mass is 35.5. The Balaban J connectivity index is 2.14. The van der Waals surface area contributed by atoms with E-state index in [-0.39, 0.29) is 5.56 Å². The second-order valence-corrected chi connectivity index (χ2v) is 7.05. The molecule has 4 nitrogen and oxygen atoms in total. The zero-order valence-corrected chi connectivity index (χ0v) is 16.8. The van der Waals surface area contributed by atoms with E-state index in [1.165, 1.54) is 4.68 Å². The first kappa shape index (κ1) is 19.5. The Hall–Kier alpha value is -2.30. The lowest BCUT2D eigenvalue weighted by atomic mass is 10.0. The third kappa shape index (κ3) is 4.34. The minimum Gasteiger partial charge on any atom is -0.370 e. The molecule has 2 aromatic carbocycles. The van der Waals surface area contributed by atoms with Gasteiger partial charge in [0, 0.05) is 35.1 Å². The van der Waals surface area contributed by atoms with E-state index in [9.17, 15) is 4.79 Å². The van der Waals surface area contributed by atoms with Gasteiger partial charge in [-0.25, -0.2) is 0 Å². The van der Waals surface area contributed by atoms with E-state index in [0.717, 1.165) is 24.3 Å². The summed E-state index contributed by atoms with van der Waals surface area (Å²) in [6.07, 6.45) is 2.27. The monoisotopic (exact) mass is 401 g/mol. The number of aromatic nitrogens is 2. The van der Waals surface area contributed by atoms with Gasteiger partial charge in [0.2, 0.25) is 0 Å². The molecule has 3 aromatic rings. The van der Waals surface area contributed by atoms with Gasteiger partial charge in [-0.2, -0.15) is 9.78 Å². The van der Waals surface area contributed by atoms with Crippen LogP contribution in [0.1, 0.15) is 25.0 Å². The van der Waals surface area contributed by atoms with Gasteiger partial charge in [0.05, 0.1) is 17.6 Å². The smallest absolute Gasteiger partial charge is 0.277 e. The predicted octanol–water partition coefficient (Wildman–Crippen LogP) is 4.98. The number of rotatable bonds is 6. The quantitative estimate of drug-likeness (QED) is 0.584. The van der Waals surface area contributed by atoms with Crippen LogP contribution >= 0.6 is 23.2 Å². The molecule has 1 heterocycles. The second kappa shape index (κ2) is 8.59. The third-order valence-electron chi connectivity index (χ3n) is 4.51. The van der Waals surface area contributed by atoms with E-state index < -0.39 is 0 Å². The van der Waals surface area contributed by atoms with Crippen molar-refractivity contribution in [3.05, 3.63) is 86.3 Å². The minimum atomic E-state index is -0.142. The van der Waals surface area contributed by atoms with Crippen molar-refractivity contribution in [1.82, 2.24) is 9.78 Å². The van der Waals surface area contributed by atoms with E-state index in [2.05, 4.69) is 23.8 Å². The Bertz CT molecular complexity index is 979. The third-order valence-corrected chi connectivity index (χ3v) is 4.99. The highest BCUT2D eigenvalue weighted by Crippen LogP contribution is 2.22. The van der Waals surface area contributed by atoms with Gasteiger partial charge in [0.1, 0.15) is 0 Å².